The number of halogens is 1. The molecular weight excluding hydrogens is 264 g/mol. The molecule has 1 rings (SSSR count). The molecule has 0 heterocycles. The van der Waals surface area contributed by atoms with Gasteiger partial charge in [0, 0.05) is 24.4 Å². The molecule has 0 spiro atoms. The maximum absolute atomic E-state index is 11.1. The summed E-state index contributed by atoms with van der Waals surface area (Å²) >= 11 is 0. The van der Waals surface area contributed by atoms with Crippen molar-refractivity contribution in [2.45, 2.75) is 17.9 Å². The maximum atomic E-state index is 11.1. The zero-order chi connectivity index (χ0) is 12.9. The van der Waals surface area contributed by atoms with Crippen LogP contribution < -0.4 is 0 Å². The Morgan fingerprint density at radius 3 is 2.29 bits per heavy atom. The van der Waals surface area contributed by atoms with Gasteiger partial charge in [-0.15, -0.1) is 0 Å². The van der Waals surface area contributed by atoms with Gasteiger partial charge in [0.25, 0.3) is 9.05 Å². The Morgan fingerprint density at radius 2 is 1.88 bits per heavy atom. The Kier molecular flexibility index (Phi) is 5.39. The van der Waals surface area contributed by atoms with Gasteiger partial charge in [-0.1, -0.05) is 12.1 Å². The molecule has 96 valence electrons. The van der Waals surface area contributed by atoms with E-state index in [1.807, 2.05) is 6.92 Å². The molecule has 17 heavy (non-hydrogen) atoms. The lowest BCUT2D eigenvalue weighted by Gasteiger charge is -2.16. The summed E-state index contributed by atoms with van der Waals surface area (Å²) in [5, 5.41) is 0. The van der Waals surface area contributed by atoms with E-state index in [1.165, 1.54) is 12.1 Å². The van der Waals surface area contributed by atoms with Crippen LogP contribution in [0.1, 0.15) is 18.6 Å². The second-order valence-electron chi connectivity index (χ2n) is 3.41. The van der Waals surface area contributed by atoms with E-state index in [4.69, 9.17) is 20.2 Å². The first-order valence-corrected chi connectivity index (χ1v) is 7.45. The maximum Gasteiger partial charge on any atom is 0.261 e. The molecule has 0 radical (unpaired) electrons. The minimum Gasteiger partial charge on any atom is -0.382 e. The molecule has 0 aromatic heterocycles. The number of hydrogen-bond donors (Lipinski definition) is 0. The third kappa shape index (κ3) is 4.27. The summed E-state index contributed by atoms with van der Waals surface area (Å²) in [5.74, 6) is 0. The van der Waals surface area contributed by atoms with Gasteiger partial charge in [-0.3, -0.25) is 0 Å². The predicted molar refractivity (Wildman–Crippen MR) is 65.7 cm³/mol. The minimum absolute atomic E-state index is 0.0792. The molecule has 0 saturated heterocycles. The number of rotatable bonds is 6. The highest BCUT2D eigenvalue weighted by Crippen LogP contribution is 2.21. The highest BCUT2D eigenvalue weighted by atomic mass is 35.7. The van der Waals surface area contributed by atoms with Crippen molar-refractivity contribution < 1.29 is 17.9 Å². The summed E-state index contributed by atoms with van der Waals surface area (Å²) in [4.78, 5) is 0.0792. The molecule has 0 unspecified atom stereocenters. The van der Waals surface area contributed by atoms with Crippen molar-refractivity contribution in [2.75, 3.05) is 20.3 Å². The summed E-state index contributed by atoms with van der Waals surface area (Å²) in [6.07, 6.45) is -0.197. The molecule has 0 fully saturated rings. The van der Waals surface area contributed by atoms with Crippen molar-refractivity contribution >= 4 is 19.7 Å². The quantitative estimate of drug-likeness (QED) is 0.750. The lowest BCUT2D eigenvalue weighted by atomic mass is 10.1. The first-order chi connectivity index (χ1) is 7.99. The molecular formula is C11H15ClO4S. The highest BCUT2D eigenvalue weighted by Gasteiger charge is 2.14. The molecule has 4 nitrogen and oxygen atoms in total. The molecule has 1 atom stereocenters. The number of hydrogen-bond acceptors (Lipinski definition) is 4. The Morgan fingerprint density at radius 1 is 1.29 bits per heavy atom. The molecule has 1 aromatic rings. The Balaban J connectivity index is 2.91. The lowest BCUT2D eigenvalue weighted by molar-refractivity contribution is 0.00277. The first-order valence-electron chi connectivity index (χ1n) is 5.14. The van der Waals surface area contributed by atoms with Crippen LogP contribution in [0, 0.1) is 0 Å². The summed E-state index contributed by atoms with van der Waals surface area (Å²) in [5.41, 5.74) is 0.859. The van der Waals surface area contributed by atoms with E-state index in [2.05, 4.69) is 0 Å². The van der Waals surface area contributed by atoms with E-state index >= 15 is 0 Å². The molecule has 0 bridgehead atoms. The monoisotopic (exact) mass is 278 g/mol. The van der Waals surface area contributed by atoms with Crippen LogP contribution in [-0.2, 0) is 18.5 Å². The minimum atomic E-state index is -3.67. The molecule has 0 amide bonds. The number of benzene rings is 1. The highest BCUT2D eigenvalue weighted by molar-refractivity contribution is 8.13. The second-order valence-corrected chi connectivity index (χ2v) is 5.97. The van der Waals surface area contributed by atoms with Gasteiger partial charge < -0.3 is 9.47 Å². The fourth-order valence-electron chi connectivity index (χ4n) is 1.44. The summed E-state index contributed by atoms with van der Waals surface area (Å²) in [6, 6.07) is 6.27. The van der Waals surface area contributed by atoms with Crippen LogP contribution in [0.5, 0.6) is 0 Å². The van der Waals surface area contributed by atoms with Crippen LogP contribution in [0.15, 0.2) is 29.2 Å². The standard InChI is InChI=1S/C11H15ClO4S/c1-3-16-11(8-15-2)9-4-6-10(7-5-9)17(12,13)14/h4-7,11H,3,8H2,1-2H3/t11-/m0/s1. The van der Waals surface area contributed by atoms with Crippen molar-refractivity contribution in [1.29, 1.82) is 0 Å². The van der Waals surface area contributed by atoms with E-state index in [1.54, 1.807) is 19.2 Å². The Labute approximate surface area is 106 Å². The van der Waals surface area contributed by atoms with Gasteiger partial charge in [0.05, 0.1) is 11.5 Å². The van der Waals surface area contributed by atoms with Crippen LogP contribution in [0.4, 0.5) is 0 Å². The third-order valence-electron chi connectivity index (χ3n) is 2.22. The van der Waals surface area contributed by atoms with Crippen molar-refractivity contribution in [3.63, 3.8) is 0 Å². The molecule has 6 heteroatoms. The van der Waals surface area contributed by atoms with Crippen molar-refractivity contribution in [3.05, 3.63) is 29.8 Å². The van der Waals surface area contributed by atoms with E-state index in [-0.39, 0.29) is 11.0 Å². The molecule has 0 aliphatic carbocycles. The van der Waals surface area contributed by atoms with E-state index in [0.717, 1.165) is 5.56 Å². The number of methoxy groups -OCH3 is 1. The topological polar surface area (TPSA) is 52.6 Å². The Bertz CT molecular complexity index is 435. The molecule has 0 aliphatic rings. The predicted octanol–water partition coefficient (Wildman–Crippen LogP) is 2.34. The van der Waals surface area contributed by atoms with Crippen molar-refractivity contribution in [3.8, 4) is 0 Å². The van der Waals surface area contributed by atoms with Gasteiger partial charge >= 0.3 is 0 Å². The zero-order valence-electron chi connectivity index (χ0n) is 9.72. The fourth-order valence-corrected chi connectivity index (χ4v) is 2.21. The lowest BCUT2D eigenvalue weighted by Crippen LogP contribution is -2.10. The summed E-state index contributed by atoms with van der Waals surface area (Å²) < 4.78 is 32.7. The smallest absolute Gasteiger partial charge is 0.261 e. The van der Waals surface area contributed by atoms with Gasteiger partial charge in [-0.05, 0) is 24.6 Å². The fraction of sp³-hybridized carbons (Fsp3) is 0.455. The van der Waals surface area contributed by atoms with Crippen molar-refractivity contribution in [1.82, 2.24) is 0 Å². The van der Waals surface area contributed by atoms with Gasteiger partial charge in [0.15, 0.2) is 0 Å². The normalized spacial score (nSPS) is 13.6. The van der Waals surface area contributed by atoms with E-state index < -0.39 is 9.05 Å². The average Bonchev–Trinajstić information content (AvgIpc) is 2.28. The molecule has 0 saturated carbocycles. The molecule has 1 aromatic carbocycles. The van der Waals surface area contributed by atoms with Crippen LogP contribution in [0.25, 0.3) is 0 Å². The third-order valence-corrected chi connectivity index (χ3v) is 3.59. The van der Waals surface area contributed by atoms with Crippen LogP contribution in [0.2, 0.25) is 0 Å². The molecule has 0 N–H and O–H groups in total. The molecule has 0 aliphatic heterocycles. The van der Waals surface area contributed by atoms with E-state index in [9.17, 15) is 8.42 Å². The van der Waals surface area contributed by atoms with Crippen LogP contribution in [0.3, 0.4) is 0 Å². The van der Waals surface area contributed by atoms with Crippen LogP contribution in [-0.4, -0.2) is 28.7 Å². The SMILES string of the molecule is CCO[C@@H](COC)c1ccc(S(=O)(=O)Cl)cc1. The van der Waals surface area contributed by atoms with Crippen molar-refractivity contribution in [2.24, 2.45) is 0 Å². The van der Waals surface area contributed by atoms with Crippen LogP contribution >= 0.6 is 10.7 Å². The second kappa shape index (κ2) is 6.35. The van der Waals surface area contributed by atoms with Gasteiger partial charge in [0.2, 0.25) is 0 Å². The number of ether oxygens (including phenoxy) is 2. The summed E-state index contributed by atoms with van der Waals surface area (Å²) in [6.45, 7) is 2.87. The van der Waals surface area contributed by atoms with Gasteiger partial charge in [-0.25, -0.2) is 8.42 Å². The average molecular weight is 279 g/mol. The van der Waals surface area contributed by atoms with E-state index in [0.29, 0.717) is 13.2 Å². The van der Waals surface area contributed by atoms with Gasteiger partial charge in [-0.2, -0.15) is 0 Å². The largest absolute Gasteiger partial charge is 0.382 e. The first kappa shape index (κ1) is 14.4. The van der Waals surface area contributed by atoms with Gasteiger partial charge in [0.1, 0.15) is 6.10 Å². The Hall–Kier alpha value is -0.620. The summed E-state index contributed by atoms with van der Waals surface area (Å²) in [7, 11) is 3.15. The zero-order valence-corrected chi connectivity index (χ0v) is 11.3.